The summed E-state index contributed by atoms with van der Waals surface area (Å²) in [5.74, 6) is 1.75. The lowest BCUT2D eigenvalue weighted by Crippen LogP contribution is -2.42. The van der Waals surface area contributed by atoms with Crippen molar-refractivity contribution < 1.29 is 4.74 Å². The predicted octanol–water partition coefficient (Wildman–Crippen LogP) is 2.64. The molecule has 1 saturated heterocycles. The van der Waals surface area contributed by atoms with Gasteiger partial charge in [0, 0.05) is 32.3 Å². The Bertz CT molecular complexity index is 235. The zero-order chi connectivity index (χ0) is 13.5. The first-order valence-corrected chi connectivity index (χ1v) is 8.27. The van der Waals surface area contributed by atoms with Crippen molar-refractivity contribution in [1.82, 2.24) is 4.90 Å². The maximum atomic E-state index is 6.03. The predicted molar refractivity (Wildman–Crippen MR) is 80.2 cm³/mol. The molecule has 2 aliphatic rings. The summed E-state index contributed by atoms with van der Waals surface area (Å²) in [5, 5.41) is 0. The van der Waals surface area contributed by atoms with Crippen LogP contribution in [0.3, 0.4) is 0 Å². The average Bonchev–Trinajstić information content (AvgIpc) is 2.47. The Balaban J connectivity index is 1.74. The Morgan fingerprint density at radius 2 is 1.74 bits per heavy atom. The highest BCUT2D eigenvalue weighted by molar-refractivity contribution is 4.78. The van der Waals surface area contributed by atoms with Gasteiger partial charge in [0.1, 0.15) is 0 Å². The molecule has 0 amide bonds. The number of nitrogens with zero attached hydrogens (tertiary/aromatic N) is 1. The lowest BCUT2D eigenvalue weighted by Gasteiger charge is -2.35. The van der Waals surface area contributed by atoms with Crippen molar-refractivity contribution in [2.75, 3.05) is 33.4 Å². The SMILES string of the molecule is CN(CC1CCOCC1)C(CN)CC1CCCCC1. The van der Waals surface area contributed by atoms with Crippen LogP contribution in [0.25, 0.3) is 0 Å². The Morgan fingerprint density at radius 3 is 2.37 bits per heavy atom. The van der Waals surface area contributed by atoms with Gasteiger partial charge in [-0.2, -0.15) is 0 Å². The summed E-state index contributed by atoms with van der Waals surface area (Å²) in [7, 11) is 2.27. The molecule has 1 atom stereocenters. The highest BCUT2D eigenvalue weighted by Crippen LogP contribution is 2.28. The first kappa shape index (κ1) is 15.3. The van der Waals surface area contributed by atoms with E-state index in [0.717, 1.165) is 31.6 Å². The first-order valence-electron chi connectivity index (χ1n) is 8.27. The molecule has 1 aliphatic carbocycles. The molecule has 0 radical (unpaired) electrons. The van der Waals surface area contributed by atoms with Gasteiger partial charge in [0.2, 0.25) is 0 Å². The van der Waals surface area contributed by atoms with Crippen LogP contribution in [0.4, 0.5) is 0 Å². The van der Waals surface area contributed by atoms with Crippen molar-refractivity contribution in [3.05, 3.63) is 0 Å². The van der Waals surface area contributed by atoms with Crippen molar-refractivity contribution in [3.8, 4) is 0 Å². The molecule has 2 fully saturated rings. The van der Waals surface area contributed by atoms with Gasteiger partial charge in [-0.05, 0) is 38.1 Å². The van der Waals surface area contributed by atoms with Crippen LogP contribution in [0.2, 0.25) is 0 Å². The second-order valence-electron chi connectivity index (χ2n) is 6.62. The van der Waals surface area contributed by atoms with E-state index in [1.165, 1.54) is 57.9 Å². The number of nitrogens with two attached hydrogens (primary N) is 1. The minimum absolute atomic E-state index is 0.589. The molecule has 1 saturated carbocycles. The molecular formula is C16H32N2O. The molecule has 1 aliphatic heterocycles. The summed E-state index contributed by atoms with van der Waals surface area (Å²) in [6, 6.07) is 0.589. The molecule has 2 rings (SSSR count). The minimum atomic E-state index is 0.589. The van der Waals surface area contributed by atoms with Gasteiger partial charge in [-0.15, -0.1) is 0 Å². The van der Waals surface area contributed by atoms with Crippen LogP contribution in [0.1, 0.15) is 51.4 Å². The third-order valence-electron chi connectivity index (χ3n) is 5.11. The van der Waals surface area contributed by atoms with Crippen molar-refractivity contribution in [2.45, 2.75) is 57.4 Å². The lowest BCUT2D eigenvalue weighted by molar-refractivity contribution is 0.0484. The molecule has 19 heavy (non-hydrogen) atoms. The third-order valence-corrected chi connectivity index (χ3v) is 5.11. The summed E-state index contributed by atoms with van der Waals surface area (Å²) in [6.07, 6.45) is 11.0. The van der Waals surface area contributed by atoms with Gasteiger partial charge in [0.25, 0.3) is 0 Å². The van der Waals surface area contributed by atoms with Gasteiger partial charge >= 0.3 is 0 Å². The molecule has 3 nitrogen and oxygen atoms in total. The molecule has 112 valence electrons. The van der Waals surface area contributed by atoms with Crippen LogP contribution in [-0.4, -0.2) is 44.3 Å². The zero-order valence-electron chi connectivity index (χ0n) is 12.7. The Hall–Kier alpha value is -0.120. The molecule has 1 heterocycles. The summed E-state index contributed by atoms with van der Waals surface area (Å²) < 4.78 is 5.45. The largest absolute Gasteiger partial charge is 0.381 e. The highest BCUT2D eigenvalue weighted by Gasteiger charge is 2.23. The maximum absolute atomic E-state index is 6.03. The minimum Gasteiger partial charge on any atom is -0.381 e. The second-order valence-corrected chi connectivity index (χ2v) is 6.62. The van der Waals surface area contributed by atoms with E-state index in [9.17, 15) is 0 Å². The molecule has 0 bridgehead atoms. The Kier molecular flexibility index (Phi) is 6.62. The van der Waals surface area contributed by atoms with Gasteiger partial charge in [-0.1, -0.05) is 32.1 Å². The Labute approximate surface area is 118 Å². The van der Waals surface area contributed by atoms with Crippen LogP contribution in [-0.2, 0) is 4.74 Å². The van der Waals surface area contributed by atoms with Crippen LogP contribution >= 0.6 is 0 Å². The molecule has 0 aromatic carbocycles. The fourth-order valence-corrected chi connectivity index (χ4v) is 3.75. The fraction of sp³-hybridized carbons (Fsp3) is 1.00. The molecule has 0 spiro atoms. The molecular weight excluding hydrogens is 236 g/mol. The number of ether oxygens (including phenoxy) is 1. The van der Waals surface area contributed by atoms with E-state index in [2.05, 4.69) is 11.9 Å². The number of hydrogen-bond donors (Lipinski definition) is 1. The van der Waals surface area contributed by atoms with Crippen LogP contribution in [0.15, 0.2) is 0 Å². The summed E-state index contributed by atoms with van der Waals surface area (Å²) in [5.41, 5.74) is 6.03. The quantitative estimate of drug-likeness (QED) is 0.805. The van der Waals surface area contributed by atoms with Crippen LogP contribution in [0, 0.1) is 11.8 Å². The van der Waals surface area contributed by atoms with Gasteiger partial charge in [0.15, 0.2) is 0 Å². The Morgan fingerprint density at radius 1 is 1.05 bits per heavy atom. The van der Waals surface area contributed by atoms with E-state index in [1.54, 1.807) is 0 Å². The molecule has 2 N–H and O–H groups in total. The topological polar surface area (TPSA) is 38.5 Å². The van der Waals surface area contributed by atoms with E-state index in [4.69, 9.17) is 10.5 Å². The normalized spacial score (nSPS) is 24.8. The summed E-state index contributed by atoms with van der Waals surface area (Å²) in [6.45, 7) is 3.93. The third kappa shape index (κ3) is 5.05. The lowest BCUT2D eigenvalue weighted by atomic mass is 9.84. The van der Waals surface area contributed by atoms with E-state index in [0.29, 0.717) is 6.04 Å². The van der Waals surface area contributed by atoms with Gasteiger partial charge in [-0.25, -0.2) is 0 Å². The smallest absolute Gasteiger partial charge is 0.0469 e. The molecule has 0 aromatic heterocycles. The highest BCUT2D eigenvalue weighted by atomic mass is 16.5. The second kappa shape index (κ2) is 8.23. The summed E-state index contributed by atoms with van der Waals surface area (Å²) >= 11 is 0. The summed E-state index contributed by atoms with van der Waals surface area (Å²) in [4.78, 5) is 2.53. The van der Waals surface area contributed by atoms with Crippen molar-refractivity contribution in [1.29, 1.82) is 0 Å². The average molecular weight is 268 g/mol. The number of hydrogen-bond acceptors (Lipinski definition) is 3. The van der Waals surface area contributed by atoms with Crippen LogP contribution < -0.4 is 5.73 Å². The van der Waals surface area contributed by atoms with E-state index in [1.807, 2.05) is 0 Å². The van der Waals surface area contributed by atoms with Gasteiger partial charge in [0.05, 0.1) is 0 Å². The zero-order valence-corrected chi connectivity index (χ0v) is 12.7. The number of likely N-dealkylation sites (N-methyl/N-ethyl adjacent to an activating group) is 1. The van der Waals surface area contributed by atoms with Crippen LogP contribution in [0.5, 0.6) is 0 Å². The molecule has 0 aromatic rings. The monoisotopic (exact) mass is 268 g/mol. The number of rotatable bonds is 6. The fourth-order valence-electron chi connectivity index (χ4n) is 3.75. The maximum Gasteiger partial charge on any atom is 0.0469 e. The molecule has 1 unspecified atom stereocenters. The van der Waals surface area contributed by atoms with E-state index in [-0.39, 0.29) is 0 Å². The van der Waals surface area contributed by atoms with Crippen molar-refractivity contribution in [3.63, 3.8) is 0 Å². The first-order chi connectivity index (χ1) is 9.29. The van der Waals surface area contributed by atoms with E-state index >= 15 is 0 Å². The van der Waals surface area contributed by atoms with Crippen molar-refractivity contribution in [2.24, 2.45) is 17.6 Å². The van der Waals surface area contributed by atoms with E-state index < -0.39 is 0 Å². The van der Waals surface area contributed by atoms with Gasteiger partial charge < -0.3 is 15.4 Å². The van der Waals surface area contributed by atoms with Crippen molar-refractivity contribution >= 4 is 0 Å². The van der Waals surface area contributed by atoms with Gasteiger partial charge in [-0.3, -0.25) is 0 Å². The standard InChI is InChI=1S/C16H32N2O/c1-18(13-15-7-9-19-10-8-15)16(12-17)11-14-5-3-2-4-6-14/h14-16H,2-13,17H2,1H3. The molecule has 3 heteroatoms.